The van der Waals surface area contributed by atoms with Gasteiger partial charge in [0.15, 0.2) is 5.82 Å². The first-order valence-electron chi connectivity index (χ1n) is 8.55. The molecule has 0 bridgehead atoms. The smallest absolute Gasteiger partial charge is 0.173 e. The summed E-state index contributed by atoms with van der Waals surface area (Å²) in [6, 6.07) is 14.2. The Morgan fingerprint density at radius 2 is 1.96 bits per heavy atom. The van der Waals surface area contributed by atoms with Crippen LogP contribution in [0.2, 0.25) is 0 Å². The predicted molar refractivity (Wildman–Crippen MR) is 113 cm³/mol. The maximum absolute atomic E-state index is 10.0. The molecule has 0 saturated carbocycles. The predicted octanol–water partition coefficient (Wildman–Crippen LogP) is 4.51. The summed E-state index contributed by atoms with van der Waals surface area (Å²) in [5.41, 5.74) is 2.22. The van der Waals surface area contributed by atoms with Crippen LogP contribution in [0.1, 0.15) is 0 Å². The van der Waals surface area contributed by atoms with Crippen LogP contribution in [0.25, 0.3) is 32.0 Å². The normalized spacial score (nSPS) is 12.4. The van der Waals surface area contributed by atoms with Gasteiger partial charge in [-0.2, -0.15) is 0 Å². The highest BCUT2D eigenvalue weighted by molar-refractivity contribution is 7.17. The van der Waals surface area contributed by atoms with Crippen molar-refractivity contribution < 1.29 is 9.84 Å². The van der Waals surface area contributed by atoms with E-state index in [4.69, 9.17) is 14.7 Å². The van der Waals surface area contributed by atoms with Gasteiger partial charge in [-0.1, -0.05) is 36.4 Å². The quantitative estimate of drug-likeness (QED) is 0.480. The molecule has 0 aliphatic rings. The Bertz CT molecular complexity index is 1020. The van der Waals surface area contributed by atoms with E-state index in [9.17, 15) is 5.11 Å². The fourth-order valence-electron chi connectivity index (χ4n) is 2.88. The molecule has 3 heterocycles. The number of aromatic nitrogens is 2. The van der Waals surface area contributed by atoms with Gasteiger partial charge in [0.25, 0.3) is 0 Å². The maximum atomic E-state index is 10.0. The molecule has 1 aromatic carbocycles. The molecule has 1 unspecified atom stereocenters. The number of nitrogens with zero attached hydrogens (tertiary/aromatic N) is 2. The van der Waals surface area contributed by atoms with Gasteiger partial charge >= 0.3 is 0 Å². The fourth-order valence-corrected chi connectivity index (χ4v) is 4.49. The first kappa shape index (κ1) is 18.1. The van der Waals surface area contributed by atoms with Crippen LogP contribution in [0.5, 0.6) is 0 Å². The van der Waals surface area contributed by atoms with Crippen molar-refractivity contribution in [2.24, 2.45) is 0 Å². The number of benzene rings is 1. The molecule has 4 aromatic rings. The minimum absolute atomic E-state index is 0.272. The molecule has 4 rings (SSSR count). The Hall–Kier alpha value is -2.32. The van der Waals surface area contributed by atoms with Crippen molar-refractivity contribution in [3.8, 4) is 21.8 Å². The van der Waals surface area contributed by atoms with Crippen LogP contribution in [-0.4, -0.2) is 41.4 Å². The molecule has 27 heavy (non-hydrogen) atoms. The van der Waals surface area contributed by atoms with Gasteiger partial charge in [-0.05, 0) is 17.0 Å². The zero-order valence-corrected chi connectivity index (χ0v) is 16.4. The van der Waals surface area contributed by atoms with Crippen molar-refractivity contribution in [1.29, 1.82) is 0 Å². The summed E-state index contributed by atoms with van der Waals surface area (Å²) in [6.07, 6.45) is -0.607. The van der Waals surface area contributed by atoms with Crippen LogP contribution >= 0.6 is 22.7 Å². The molecule has 0 aliphatic carbocycles. The lowest BCUT2D eigenvalue weighted by atomic mass is 10.1. The molecule has 0 fully saturated rings. The Kier molecular flexibility index (Phi) is 5.45. The number of hydrogen-bond donors (Lipinski definition) is 2. The van der Waals surface area contributed by atoms with E-state index in [2.05, 4.69) is 22.8 Å². The highest BCUT2D eigenvalue weighted by Crippen LogP contribution is 2.38. The van der Waals surface area contributed by atoms with Gasteiger partial charge in [-0.25, -0.2) is 9.97 Å². The third kappa shape index (κ3) is 3.86. The van der Waals surface area contributed by atoms with Crippen molar-refractivity contribution in [1.82, 2.24) is 9.97 Å². The number of methoxy groups -OCH3 is 1. The molecular weight excluding hydrogens is 378 g/mol. The van der Waals surface area contributed by atoms with E-state index in [1.165, 1.54) is 0 Å². The van der Waals surface area contributed by atoms with Gasteiger partial charge in [-0.3, -0.25) is 0 Å². The van der Waals surface area contributed by atoms with Gasteiger partial charge in [-0.15, -0.1) is 22.7 Å². The Morgan fingerprint density at radius 3 is 2.70 bits per heavy atom. The van der Waals surface area contributed by atoms with Gasteiger partial charge < -0.3 is 15.2 Å². The number of aliphatic hydroxyl groups excluding tert-OH is 1. The number of ether oxygens (including phenoxy) is 1. The summed E-state index contributed by atoms with van der Waals surface area (Å²) in [4.78, 5) is 11.5. The van der Waals surface area contributed by atoms with Crippen molar-refractivity contribution in [3.05, 3.63) is 53.2 Å². The zero-order valence-electron chi connectivity index (χ0n) is 14.8. The van der Waals surface area contributed by atoms with E-state index in [-0.39, 0.29) is 6.61 Å². The molecule has 3 aromatic heterocycles. The summed E-state index contributed by atoms with van der Waals surface area (Å²) in [5, 5.41) is 18.5. The lowest BCUT2D eigenvalue weighted by Gasteiger charge is -2.13. The standard InChI is InChI=1S/C20H19N3O2S2/c1-25-11-14(24)10-21-19-17-15(13-6-3-2-4-7-13)12-27-20(17)23-18(22-19)16-8-5-9-26-16/h2-9,12,14,24H,10-11H2,1H3,(H,21,22,23). The number of anilines is 1. The molecule has 0 saturated heterocycles. The van der Waals surface area contributed by atoms with Crippen LogP contribution in [0.3, 0.4) is 0 Å². The van der Waals surface area contributed by atoms with Crippen molar-refractivity contribution in [2.45, 2.75) is 6.10 Å². The van der Waals surface area contributed by atoms with E-state index < -0.39 is 6.10 Å². The average Bonchev–Trinajstić information content (AvgIpc) is 3.37. The van der Waals surface area contributed by atoms with Gasteiger partial charge in [0.2, 0.25) is 0 Å². The number of rotatable bonds is 7. The topological polar surface area (TPSA) is 67.3 Å². The second kappa shape index (κ2) is 8.14. The van der Waals surface area contributed by atoms with E-state index in [0.29, 0.717) is 12.4 Å². The lowest BCUT2D eigenvalue weighted by molar-refractivity contribution is 0.0727. The summed E-state index contributed by atoms with van der Waals surface area (Å²) in [7, 11) is 1.58. The third-order valence-corrected chi connectivity index (χ3v) is 5.86. The molecule has 0 aliphatic heterocycles. The first-order chi connectivity index (χ1) is 13.3. The second-order valence-corrected chi connectivity index (χ2v) is 7.86. The monoisotopic (exact) mass is 397 g/mol. The lowest BCUT2D eigenvalue weighted by Crippen LogP contribution is -2.24. The van der Waals surface area contributed by atoms with E-state index >= 15 is 0 Å². The summed E-state index contributed by atoms with van der Waals surface area (Å²) in [6.45, 7) is 0.627. The van der Waals surface area contributed by atoms with Gasteiger partial charge in [0, 0.05) is 24.6 Å². The highest BCUT2D eigenvalue weighted by atomic mass is 32.1. The minimum atomic E-state index is -0.607. The number of aliphatic hydroxyl groups is 1. The van der Waals surface area contributed by atoms with Gasteiger partial charge in [0.1, 0.15) is 10.6 Å². The van der Waals surface area contributed by atoms with Gasteiger partial charge in [0.05, 0.1) is 23.0 Å². The van der Waals surface area contributed by atoms with Crippen molar-refractivity contribution >= 4 is 38.7 Å². The molecule has 2 N–H and O–H groups in total. The molecule has 0 radical (unpaired) electrons. The molecule has 138 valence electrons. The first-order valence-corrected chi connectivity index (χ1v) is 10.3. The average molecular weight is 398 g/mol. The number of thiophene rings is 2. The van der Waals surface area contributed by atoms with Crippen molar-refractivity contribution in [3.63, 3.8) is 0 Å². The zero-order chi connectivity index (χ0) is 18.6. The Labute approximate surface area is 165 Å². The summed E-state index contributed by atoms with van der Waals surface area (Å²) < 4.78 is 5.02. The van der Waals surface area contributed by atoms with E-state index in [1.54, 1.807) is 29.8 Å². The fraction of sp³-hybridized carbons (Fsp3) is 0.200. The Balaban J connectivity index is 1.81. The Morgan fingerprint density at radius 1 is 1.11 bits per heavy atom. The summed E-state index contributed by atoms with van der Waals surface area (Å²) >= 11 is 3.22. The largest absolute Gasteiger partial charge is 0.389 e. The molecule has 0 amide bonds. The SMILES string of the molecule is COCC(O)CNc1nc(-c2cccs2)nc2scc(-c3ccccc3)c12. The minimum Gasteiger partial charge on any atom is -0.389 e. The second-order valence-electron chi connectivity index (χ2n) is 6.06. The number of nitrogens with one attached hydrogen (secondary N) is 1. The molecule has 1 atom stereocenters. The third-order valence-electron chi connectivity index (χ3n) is 4.12. The maximum Gasteiger partial charge on any atom is 0.173 e. The van der Waals surface area contributed by atoms with Crippen LogP contribution in [-0.2, 0) is 4.74 Å². The molecule has 0 spiro atoms. The number of fused-ring (bicyclic) bond motifs is 1. The number of hydrogen-bond acceptors (Lipinski definition) is 7. The molecule has 5 nitrogen and oxygen atoms in total. The molecule has 7 heteroatoms. The summed E-state index contributed by atoms with van der Waals surface area (Å²) in [5.74, 6) is 1.43. The van der Waals surface area contributed by atoms with E-state index in [0.717, 1.165) is 32.0 Å². The van der Waals surface area contributed by atoms with Crippen LogP contribution < -0.4 is 5.32 Å². The van der Waals surface area contributed by atoms with E-state index in [1.807, 2.05) is 35.7 Å². The molecular formula is C20H19N3O2S2. The highest BCUT2D eigenvalue weighted by Gasteiger charge is 2.17. The van der Waals surface area contributed by atoms with Crippen LogP contribution in [0.4, 0.5) is 5.82 Å². The van der Waals surface area contributed by atoms with Crippen LogP contribution in [0, 0.1) is 0 Å². The van der Waals surface area contributed by atoms with Crippen molar-refractivity contribution in [2.75, 3.05) is 25.6 Å². The van der Waals surface area contributed by atoms with Crippen LogP contribution in [0.15, 0.2) is 53.2 Å².